The fourth-order valence-corrected chi connectivity index (χ4v) is 3.82. The van der Waals surface area contributed by atoms with Crippen molar-refractivity contribution in [3.05, 3.63) is 58.6 Å². The first-order chi connectivity index (χ1) is 14.4. The van der Waals surface area contributed by atoms with Gasteiger partial charge in [-0.2, -0.15) is 0 Å². The van der Waals surface area contributed by atoms with E-state index in [0.29, 0.717) is 36.9 Å². The Morgan fingerprint density at radius 2 is 1.80 bits per heavy atom. The van der Waals surface area contributed by atoms with Gasteiger partial charge in [-0.3, -0.25) is 4.90 Å². The Kier molecular flexibility index (Phi) is 7.18. The van der Waals surface area contributed by atoms with E-state index in [9.17, 15) is 9.59 Å². The number of esters is 1. The Labute approximate surface area is 181 Å². The van der Waals surface area contributed by atoms with Crippen molar-refractivity contribution in [2.45, 2.75) is 13.0 Å². The third kappa shape index (κ3) is 5.04. The van der Waals surface area contributed by atoms with Crippen molar-refractivity contribution in [1.82, 2.24) is 9.80 Å². The molecule has 1 heterocycles. The maximum Gasteiger partial charge on any atom is 0.327 e. The lowest BCUT2D eigenvalue weighted by atomic mass is 10.0. The van der Waals surface area contributed by atoms with Crippen LogP contribution in [0.2, 0.25) is 5.02 Å². The van der Waals surface area contributed by atoms with Crippen LogP contribution >= 0.6 is 11.6 Å². The van der Waals surface area contributed by atoms with Gasteiger partial charge in [0.05, 0.1) is 14.2 Å². The Morgan fingerprint density at radius 3 is 2.40 bits per heavy atom. The molecular weight excluding hydrogens is 406 g/mol. The molecule has 30 heavy (non-hydrogen) atoms. The van der Waals surface area contributed by atoms with Crippen LogP contribution in [0.1, 0.15) is 17.2 Å². The number of carbonyl (C=O) groups is 2. The molecule has 0 radical (unpaired) electrons. The smallest absolute Gasteiger partial charge is 0.327 e. The average Bonchev–Trinajstić information content (AvgIpc) is 2.74. The minimum absolute atomic E-state index is 0.170. The van der Waals surface area contributed by atoms with Crippen LogP contribution in [0.5, 0.6) is 5.75 Å². The predicted octanol–water partition coefficient (Wildman–Crippen LogP) is 3.72. The van der Waals surface area contributed by atoms with Crippen LogP contribution in [0.4, 0.5) is 10.5 Å². The molecule has 1 unspecified atom stereocenters. The molecule has 2 amide bonds. The van der Waals surface area contributed by atoms with E-state index < -0.39 is 6.04 Å². The molecule has 2 aromatic carbocycles. The molecular formula is C22H26ClN3O4. The normalized spacial score (nSPS) is 15.4. The first-order valence-electron chi connectivity index (χ1n) is 9.71. The molecule has 0 saturated carbocycles. The van der Waals surface area contributed by atoms with Crippen molar-refractivity contribution in [2.24, 2.45) is 0 Å². The number of halogens is 1. The molecule has 160 valence electrons. The number of rotatable bonds is 5. The number of benzene rings is 2. The van der Waals surface area contributed by atoms with Crippen LogP contribution in [-0.4, -0.2) is 62.2 Å². The molecule has 1 aliphatic heterocycles. The van der Waals surface area contributed by atoms with E-state index in [1.54, 1.807) is 24.1 Å². The number of piperazine rings is 1. The van der Waals surface area contributed by atoms with Gasteiger partial charge in [0.1, 0.15) is 11.8 Å². The molecule has 2 aromatic rings. The van der Waals surface area contributed by atoms with Crippen LogP contribution in [0.3, 0.4) is 0 Å². The third-order valence-corrected chi connectivity index (χ3v) is 5.44. The first kappa shape index (κ1) is 21.9. The molecule has 1 aliphatic rings. The van der Waals surface area contributed by atoms with Gasteiger partial charge in [-0.25, -0.2) is 9.59 Å². The molecule has 1 fully saturated rings. The molecule has 0 bridgehead atoms. The molecule has 7 nitrogen and oxygen atoms in total. The van der Waals surface area contributed by atoms with E-state index in [4.69, 9.17) is 21.1 Å². The van der Waals surface area contributed by atoms with E-state index in [1.165, 1.54) is 7.11 Å². The molecule has 0 spiro atoms. The Bertz CT molecular complexity index is 913. The van der Waals surface area contributed by atoms with Gasteiger partial charge in [-0.1, -0.05) is 23.7 Å². The molecule has 1 N–H and O–H groups in total. The quantitative estimate of drug-likeness (QED) is 0.730. The number of methoxy groups -OCH3 is 2. The van der Waals surface area contributed by atoms with E-state index in [2.05, 4.69) is 5.32 Å². The fraction of sp³-hybridized carbons (Fsp3) is 0.364. The highest BCUT2D eigenvalue weighted by Crippen LogP contribution is 2.26. The average molecular weight is 432 g/mol. The van der Waals surface area contributed by atoms with Crippen LogP contribution < -0.4 is 10.1 Å². The zero-order valence-electron chi connectivity index (χ0n) is 17.4. The van der Waals surface area contributed by atoms with Gasteiger partial charge < -0.3 is 19.7 Å². The summed E-state index contributed by atoms with van der Waals surface area (Å²) in [5.41, 5.74) is 2.44. The second-order valence-corrected chi connectivity index (χ2v) is 7.55. The minimum atomic E-state index is -0.553. The number of urea groups is 1. The summed E-state index contributed by atoms with van der Waals surface area (Å²) in [5, 5.41) is 3.49. The number of hydrogen-bond donors (Lipinski definition) is 1. The molecule has 3 rings (SSSR count). The van der Waals surface area contributed by atoms with Crippen molar-refractivity contribution in [3.8, 4) is 5.75 Å². The van der Waals surface area contributed by atoms with Crippen LogP contribution in [0.25, 0.3) is 0 Å². The van der Waals surface area contributed by atoms with E-state index in [0.717, 1.165) is 16.9 Å². The highest BCUT2D eigenvalue weighted by molar-refractivity contribution is 6.30. The van der Waals surface area contributed by atoms with Gasteiger partial charge >= 0.3 is 12.0 Å². The number of hydrogen-bond acceptors (Lipinski definition) is 5. The van der Waals surface area contributed by atoms with Gasteiger partial charge in [-0.15, -0.1) is 0 Å². The summed E-state index contributed by atoms with van der Waals surface area (Å²) < 4.78 is 10.3. The van der Waals surface area contributed by atoms with Crippen molar-refractivity contribution in [1.29, 1.82) is 0 Å². The number of aryl methyl sites for hydroxylation is 1. The number of nitrogens with one attached hydrogen (secondary N) is 1. The van der Waals surface area contributed by atoms with Crippen LogP contribution in [0.15, 0.2) is 42.5 Å². The Morgan fingerprint density at radius 1 is 1.07 bits per heavy atom. The number of nitrogens with zero attached hydrogens (tertiary/aromatic N) is 2. The fourth-order valence-electron chi connectivity index (χ4n) is 3.63. The standard InChI is InChI=1S/C22H26ClN3O4/c1-15-13-18(7-8-19(15)29-2)24-22(28)26-11-9-25(10-12-26)20(21(27)30-3)16-5-4-6-17(23)14-16/h4-8,13-14,20H,9-12H2,1-3H3,(H,24,28). The van der Waals surface area contributed by atoms with E-state index in [1.807, 2.05) is 42.2 Å². The largest absolute Gasteiger partial charge is 0.496 e. The summed E-state index contributed by atoms with van der Waals surface area (Å²) in [6.07, 6.45) is 0. The maximum atomic E-state index is 12.7. The Hall–Kier alpha value is -2.77. The minimum Gasteiger partial charge on any atom is -0.496 e. The molecule has 0 aromatic heterocycles. The lowest BCUT2D eigenvalue weighted by molar-refractivity contribution is -0.148. The van der Waals surface area contributed by atoms with Crippen molar-refractivity contribution in [2.75, 3.05) is 45.7 Å². The topological polar surface area (TPSA) is 71.1 Å². The number of ether oxygens (including phenoxy) is 2. The SMILES string of the molecule is COC(=O)C(c1cccc(Cl)c1)N1CCN(C(=O)Nc2ccc(OC)c(C)c2)CC1. The summed E-state index contributed by atoms with van der Waals surface area (Å²) in [5.74, 6) is 0.431. The molecule has 8 heteroatoms. The summed E-state index contributed by atoms with van der Waals surface area (Å²) in [6.45, 7) is 4.00. The lowest BCUT2D eigenvalue weighted by Gasteiger charge is -2.38. The highest BCUT2D eigenvalue weighted by atomic mass is 35.5. The van der Waals surface area contributed by atoms with Crippen LogP contribution in [0, 0.1) is 6.92 Å². The van der Waals surface area contributed by atoms with Gasteiger partial charge in [-0.05, 0) is 48.4 Å². The van der Waals surface area contributed by atoms with Gasteiger partial charge in [0.15, 0.2) is 0 Å². The van der Waals surface area contributed by atoms with E-state index >= 15 is 0 Å². The Balaban J connectivity index is 1.64. The first-order valence-corrected chi connectivity index (χ1v) is 10.1. The molecule has 1 atom stereocenters. The number of anilines is 1. The van der Waals surface area contributed by atoms with Gasteiger partial charge in [0, 0.05) is 36.9 Å². The van der Waals surface area contributed by atoms with Gasteiger partial charge in [0.2, 0.25) is 0 Å². The predicted molar refractivity (Wildman–Crippen MR) is 116 cm³/mol. The molecule has 0 aliphatic carbocycles. The van der Waals surface area contributed by atoms with Crippen LogP contribution in [-0.2, 0) is 9.53 Å². The second kappa shape index (κ2) is 9.82. The molecule has 1 saturated heterocycles. The summed E-state index contributed by atoms with van der Waals surface area (Å²) in [6, 6.07) is 12.0. The zero-order valence-corrected chi connectivity index (χ0v) is 18.1. The number of carbonyl (C=O) groups excluding carboxylic acids is 2. The summed E-state index contributed by atoms with van der Waals surface area (Å²) in [4.78, 5) is 28.9. The lowest BCUT2D eigenvalue weighted by Crippen LogP contribution is -2.52. The monoisotopic (exact) mass is 431 g/mol. The van der Waals surface area contributed by atoms with E-state index in [-0.39, 0.29) is 12.0 Å². The van der Waals surface area contributed by atoms with Crippen molar-refractivity contribution < 1.29 is 19.1 Å². The second-order valence-electron chi connectivity index (χ2n) is 7.12. The van der Waals surface area contributed by atoms with Crippen molar-refractivity contribution in [3.63, 3.8) is 0 Å². The third-order valence-electron chi connectivity index (χ3n) is 5.20. The highest BCUT2D eigenvalue weighted by Gasteiger charge is 2.32. The van der Waals surface area contributed by atoms with Gasteiger partial charge in [0.25, 0.3) is 0 Å². The maximum absolute atomic E-state index is 12.7. The summed E-state index contributed by atoms with van der Waals surface area (Å²) in [7, 11) is 2.99. The van der Waals surface area contributed by atoms with Crippen molar-refractivity contribution >= 4 is 29.3 Å². The number of amides is 2. The summed E-state index contributed by atoms with van der Waals surface area (Å²) >= 11 is 6.11. The zero-order chi connectivity index (χ0) is 21.7.